The summed E-state index contributed by atoms with van der Waals surface area (Å²) >= 11 is 0. The number of benzene rings is 1. The molecule has 0 unspecified atom stereocenters. The van der Waals surface area contributed by atoms with Crippen LogP contribution in [-0.2, 0) is 11.3 Å². The van der Waals surface area contributed by atoms with Gasteiger partial charge in [-0.05, 0) is 24.1 Å². The quantitative estimate of drug-likeness (QED) is 0.533. The van der Waals surface area contributed by atoms with Gasteiger partial charge in [-0.1, -0.05) is 12.1 Å². The number of hydrogen-bond donors (Lipinski definition) is 4. The van der Waals surface area contributed by atoms with Gasteiger partial charge in [-0.25, -0.2) is 5.48 Å². The lowest BCUT2D eigenvalue weighted by atomic mass is 10.1. The molecule has 11 heteroatoms. The molecule has 0 bridgehead atoms. The zero-order valence-electron chi connectivity index (χ0n) is 13.3. The van der Waals surface area contributed by atoms with E-state index >= 15 is 0 Å². The summed E-state index contributed by atoms with van der Waals surface area (Å²) in [4.78, 5) is 16.3. The molecule has 2 aromatic rings. The van der Waals surface area contributed by atoms with Crippen LogP contribution in [0, 0.1) is 0 Å². The molecule has 0 spiro atoms. The summed E-state index contributed by atoms with van der Waals surface area (Å²) < 4.78 is 36.9. The molecule has 1 heterocycles. The number of anilines is 3. The third-order valence-corrected chi connectivity index (χ3v) is 2.91. The first-order chi connectivity index (χ1) is 11.9. The number of nitrogens with zero attached hydrogens (tertiary/aromatic N) is 3. The average molecular weight is 358 g/mol. The van der Waals surface area contributed by atoms with Crippen molar-refractivity contribution < 1.29 is 23.1 Å². The van der Waals surface area contributed by atoms with Crippen LogP contribution in [0.2, 0.25) is 0 Å². The number of phenols is 1. The highest BCUT2D eigenvalue weighted by Gasteiger charge is 2.27. The van der Waals surface area contributed by atoms with Gasteiger partial charge in [0.1, 0.15) is 12.3 Å². The van der Waals surface area contributed by atoms with E-state index in [0.717, 1.165) is 5.56 Å². The van der Waals surface area contributed by atoms with E-state index in [-0.39, 0.29) is 23.6 Å². The van der Waals surface area contributed by atoms with Gasteiger partial charge in [0.15, 0.2) is 0 Å². The molecule has 0 aliphatic rings. The van der Waals surface area contributed by atoms with Gasteiger partial charge in [0.2, 0.25) is 11.9 Å². The lowest BCUT2D eigenvalue weighted by Crippen LogP contribution is -2.23. The Hall–Kier alpha value is -2.82. The Bertz CT molecular complexity index is 681. The van der Waals surface area contributed by atoms with Crippen molar-refractivity contribution in [2.45, 2.75) is 12.6 Å². The monoisotopic (exact) mass is 358 g/mol. The minimum Gasteiger partial charge on any atom is -0.508 e. The molecule has 136 valence electrons. The van der Waals surface area contributed by atoms with E-state index < -0.39 is 12.7 Å². The third kappa shape index (κ3) is 6.67. The molecule has 0 atom stereocenters. The molecule has 0 fully saturated rings. The van der Waals surface area contributed by atoms with E-state index in [9.17, 15) is 18.3 Å². The fourth-order valence-electron chi connectivity index (χ4n) is 1.83. The summed E-state index contributed by atoms with van der Waals surface area (Å²) in [6.45, 7) is -0.837. The Morgan fingerprint density at radius 2 is 1.60 bits per heavy atom. The zero-order chi connectivity index (χ0) is 18.3. The first-order valence-electron chi connectivity index (χ1n) is 7.23. The molecule has 4 N–H and O–H groups in total. The van der Waals surface area contributed by atoms with Crippen molar-refractivity contribution >= 4 is 17.8 Å². The molecule has 0 saturated carbocycles. The van der Waals surface area contributed by atoms with Gasteiger partial charge in [-0.2, -0.15) is 28.1 Å². The molecule has 25 heavy (non-hydrogen) atoms. The molecular weight excluding hydrogens is 341 g/mol. The summed E-state index contributed by atoms with van der Waals surface area (Å²) in [5, 5.41) is 14.2. The second-order valence-corrected chi connectivity index (χ2v) is 4.92. The van der Waals surface area contributed by atoms with E-state index in [1.54, 1.807) is 24.3 Å². The molecule has 1 aromatic carbocycles. The highest BCUT2D eigenvalue weighted by Crippen LogP contribution is 2.16. The highest BCUT2D eigenvalue weighted by molar-refractivity contribution is 5.41. The Balaban J connectivity index is 1.99. The molecule has 0 saturated heterocycles. The van der Waals surface area contributed by atoms with Crippen molar-refractivity contribution in [2.75, 3.05) is 36.3 Å². The molecular formula is C14H17F3N6O2. The van der Waals surface area contributed by atoms with Crippen LogP contribution in [0.15, 0.2) is 24.3 Å². The molecule has 0 radical (unpaired) electrons. The lowest BCUT2D eigenvalue weighted by molar-refractivity contribution is -0.115. The normalized spacial score (nSPS) is 11.2. The van der Waals surface area contributed by atoms with E-state index in [4.69, 9.17) is 0 Å². The van der Waals surface area contributed by atoms with E-state index in [0.29, 0.717) is 13.0 Å². The topological polar surface area (TPSA) is 104 Å². The smallest absolute Gasteiger partial charge is 0.405 e. The van der Waals surface area contributed by atoms with Crippen LogP contribution in [0.5, 0.6) is 5.75 Å². The third-order valence-electron chi connectivity index (χ3n) is 2.91. The summed E-state index contributed by atoms with van der Waals surface area (Å²) in [6, 6.07) is 6.66. The number of alkyl halides is 3. The zero-order valence-corrected chi connectivity index (χ0v) is 13.3. The number of aromatic hydroxyl groups is 1. The Labute approximate surface area is 141 Å². The van der Waals surface area contributed by atoms with Crippen LogP contribution in [0.4, 0.5) is 31.0 Å². The van der Waals surface area contributed by atoms with Gasteiger partial charge < -0.3 is 15.7 Å². The van der Waals surface area contributed by atoms with E-state index in [1.807, 2.05) is 0 Å². The number of phenolic OH excluding ortho intramolecular Hbond substituents is 1. The second-order valence-electron chi connectivity index (χ2n) is 4.92. The van der Waals surface area contributed by atoms with Crippen molar-refractivity contribution in [2.24, 2.45) is 0 Å². The summed E-state index contributed by atoms with van der Waals surface area (Å²) in [5.74, 6) is -0.00356. The van der Waals surface area contributed by atoms with Crippen molar-refractivity contribution in [3.05, 3.63) is 29.8 Å². The fraction of sp³-hybridized carbons (Fsp3) is 0.357. The van der Waals surface area contributed by atoms with Gasteiger partial charge in [-0.15, -0.1) is 0 Å². The van der Waals surface area contributed by atoms with Crippen LogP contribution in [0.25, 0.3) is 0 Å². The van der Waals surface area contributed by atoms with Crippen molar-refractivity contribution in [1.29, 1.82) is 0 Å². The molecule has 1 aromatic heterocycles. The van der Waals surface area contributed by atoms with E-state index in [2.05, 4.69) is 35.9 Å². The number of halogens is 3. The summed E-state index contributed by atoms with van der Waals surface area (Å²) in [7, 11) is 1.32. The van der Waals surface area contributed by atoms with Crippen LogP contribution in [-0.4, -0.2) is 46.4 Å². The SMILES string of the molecule is CONc1nc(NCCc2ccc(O)cc2)nc(NCC(F)(F)F)n1. The number of nitrogens with one attached hydrogen (secondary N) is 3. The van der Waals surface area contributed by atoms with Crippen LogP contribution in [0.1, 0.15) is 5.56 Å². The minimum absolute atomic E-state index is 0.0330. The van der Waals surface area contributed by atoms with Crippen molar-refractivity contribution in [1.82, 2.24) is 15.0 Å². The standard InChI is InChI=1S/C14H17F3N6O2/c1-25-23-13-21-11(20-12(22-13)19-8-14(15,16)17)18-7-6-9-2-4-10(24)5-3-9/h2-5,24H,6-8H2,1H3,(H3,18,19,20,21,22,23). The molecule has 8 nitrogen and oxygen atoms in total. The number of aromatic nitrogens is 3. The highest BCUT2D eigenvalue weighted by atomic mass is 19.4. The summed E-state index contributed by atoms with van der Waals surface area (Å²) in [6.07, 6.45) is -3.79. The maximum absolute atomic E-state index is 12.3. The predicted octanol–water partition coefficient (Wildman–Crippen LogP) is 2.18. The Morgan fingerprint density at radius 1 is 1.00 bits per heavy atom. The van der Waals surface area contributed by atoms with Gasteiger partial charge in [0, 0.05) is 6.54 Å². The largest absolute Gasteiger partial charge is 0.508 e. The van der Waals surface area contributed by atoms with Gasteiger partial charge in [-0.3, -0.25) is 4.84 Å². The number of rotatable bonds is 8. The first kappa shape index (κ1) is 18.5. The first-order valence-corrected chi connectivity index (χ1v) is 7.23. The van der Waals surface area contributed by atoms with E-state index in [1.165, 1.54) is 7.11 Å². The van der Waals surface area contributed by atoms with Gasteiger partial charge in [0.25, 0.3) is 5.95 Å². The average Bonchev–Trinajstić information content (AvgIpc) is 2.54. The second kappa shape index (κ2) is 8.33. The van der Waals surface area contributed by atoms with Crippen LogP contribution < -0.4 is 16.1 Å². The van der Waals surface area contributed by atoms with Crippen LogP contribution in [0.3, 0.4) is 0 Å². The predicted molar refractivity (Wildman–Crippen MR) is 85.3 cm³/mol. The Kier molecular flexibility index (Phi) is 6.17. The van der Waals surface area contributed by atoms with Gasteiger partial charge >= 0.3 is 6.18 Å². The molecule has 2 rings (SSSR count). The van der Waals surface area contributed by atoms with Crippen LogP contribution >= 0.6 is 0 Å². The van der Waals surface area contributed by atoms with Crippen molar-refractivity contribution in [3.63, 3.8) is 0 Å². The molecule has 0 aliphatic carbocycles. The van der Waals surface area contributed by atoms with Crippen molar-refractivity contribution in [3.8, 4) is 5.75 Å². The molecule has 0 amide bonds. The maximum Gasteiger partial charge on any atom is 0.405 e. The lowest BCUT2D eigenvalue weighted by Gasteiger charge is -2.11. The molecule has 0 aliphatic heterocycles. The maximum atomic E-state index is 12.3. The van der Waals surface area contributed by atoms with Gasteiger partial charge in [0.05, 0.1) is 7.11 Å². The summed E-state index contributed by atoms with van der Waals surface area (Å²) in [5.41, 5.74) is 3.31. The fourth-order valence-corrected chi connectivity index (χ4v) is 1.83. The minimum atomic E-state index is -4.39. The number of hydrogen-bond acceptors (Lipinski definition) is 8. The Morgan fingerprint density at radius 3 is 2.20 bits per heavy atom.